The number of carbonyl (C=O) groups is 2. The average molecular weight is 269 g/mol. The number of carbonyl (C=O) groups excluding carboxylic acids is 2. The zero-order valence-corrected chi connectivity index (χ0v) is 11.5. The van der Waals surface area contributed by atoms with Crippen LogP contribution in [-0.4, -0.2) is 62.1 Å². The van der Waals surface area contributed by atoms with E-state index in [1.54, 1.807) is 7.11 Å². The SMILES string of the molecule is COCCNC(=O)C1CCC(=O)N1C1CCNCC1. The molecule has 2 aliphatic heterocycles. The van der Waals surface area contributed by atoms with Crippen molar-refractivity contribution >= 4 is 11.8 Å². The van der Waals surface area contributed by atoms with Gasteiger partial charge in [0.1, 0.15) is 6.04 Å². The van der Waals surface area contributed by atoms with Crippen LogP contribution in [-0.2, 0) is 14.3 Å². The third-order valence-electron chi connectivity index (χ3n) is 3.87. The Morgan fingerprint density at radius 3 is 2.84 bits per heavy atom. The number of amides is 2. The van der Waals surface area contributed by atoms with Crippen LogP contribution in [0.2, 0.25) is 0 Å². The maximum Gasteiger partial charge on any atom is 0.242 e. The zero-order chi connectivity index (χ0) is 13.7. The van der Waals surface area contributed by atoms with Gasteiger partial charge in [-0.25, -0.2) is 0 Å². The van der Waals surface area contributed by atoms with Gasteiger partial charge in [0.2, 0.25) is 11.8 Å². The van der Waals surface area contributed by atoms with Gasteiger partial charge < -0.3 is 20.3 Å². The van der Waals surface area contributed by atoms with Crippen LogP contribution in [0.5, 0.6) is 0 Å². The Hall–Kier alpha value is -1.14. The molecule has 0 aromatic carbocycles. The van der Waals surface area contributed by atoms with Crippen molar-refractivity contribution in [2.75, 3.05) is 33.4 Å². The maximum absolute atomic E-state index is 12.1. The van der Waals surface area contributed by atoms with Crippen molar-refractivity contribution in [2.24, 2.45) is 0 Å². The first-order valence-corrected chi connectivity index (χ1v) is 7.02. The summed E-state index contributed by atoms with van der Waals surface area (Å²) in [7, 11) is 1.60. The van der Waals surface area contributed by atoms with Crippen molar-refractivity contribution in [3.63, 3.8) is 0 Å². The Morgan fingerprint density at radius 2 is 2.16 bits per heavy atom. The van der Waals surface area contributed by atoms with Crippen molar-refractivity contribution < 1.29 is 14.3 Å². The van der Waals surface area contributed by atoms with E-state index in [-0.39, 0.29) is 23.9 Å². The summed E-state index contributed by atoms with van der Waals surface area (Å²) >= 11 is 0. The van der Waals surface area contributed by atoms with E-state index in [9.17, 15) is 9.59 Å². The molecule has 0 aromatic rings. The minimum absolute atomic E-state index is 0.0403. The van der Waals surface area contributed by atoms with Gasteiger partial charge in [-0.15, -0.1) is 0 Å². The van der Waals surface area contributed by atoms with Crippen LogP contribution < -0.4 is 10.6 Å². The molecule has 2 saturated heterocycles. The Kier molecular flexibility index (Phi) is 5.15. The third kappa shape index (κ3) is 3.45. The standard InChI is InChI=1S/C13H23N3O3/c1-19-9-8-15-13(18)11-2-3-12(17)16(11)10-4-6-14-7-5-10/h10-11,14H,2-9H2,1H3,(H,15,18). The van der Waals surface area contributed by atoms with Gasteiger partial charge in [0, 0.05) is 26.1 Å². The van der Waals surface area contributed by atoms with E-state index in [2.05, 4.69) is 10.6 Å². The molecule has 2 N–H and O–H groups in total. The summed E-state index contributed by atoms with van der Waals surface area (Å²) in [5.41, 5.74) is 0. The Labute approximate surface area is 113 Å². The molecule has 0 radical (unpaired) electrons. The van der Waals surface area contributed by atoms with Crippen LogP contribution >= 0.6 is 0 Å². The molecule has 0 spiro atoms. The molecule has 1 unspecified atom stereocenters. The molecule has 2 fully saturated rings. The second-order valence-electron chi connectivity index (χ2n) is 5.12. The van der Waals surface area contributed by atoms with Gasteiger partial charge in [0.05, 0.1) is 6.61 Å². The molecule has 0 aromatic heterocycles. The highest BCUT2D eigenvalue weighted by Crippen LogP contribution is 2.25. The van der Waals surface area contributed by atoms with Crippen LogP contribution in [0.4, 0.5) is 0 Å². The van der Waals surface area contributed by atoms with Crippen molar-refractivity contribution in [2.45, 2.75) is 37.8 Å². The first-order valence-electron chi connectivity index (χ1n) is 7.02. The molecule has 0 bridgehead atoms. The molecule has 2 rings (SSSR count). The average Bonchev–Trinajstić information content (AvgIpc) is 2.82. The van der Waals surface area contributed by atoms with E-state index in [0.29, 0.717) is 26.0 Å². The summed E-state index contributed by atoms with van der Waals surface area (Å²) in [5, 5.41) is 6.13. The lowest BCUT2D eigenvalue weighted by atomic mass is 10.0. The summed E-state index contributed by atoms with van der Waals surface area (Å²) in [6.07, 6.45) is 3.01. The number of hydrogen-bond acceptors (Lipinski definition) is 4. The third-order valence-corrected chi connectivity index (χ3v) is 3.87. The van der Waals surface area contributed by atoms with E-state index in [1.165, 1.54) is 0 Å². The van der Waals surface area contributed by atoms with Gasteiger partial charge in [-0.3, -0.25) is 9.59 Å². The number of nitrogens with zero attached hydrogens (tertiary/aromatic N) is 1. The van der Waals surface area contributed by atoms with Crippen LogP contribution in [0, 0.1) is 0 Å². The number of hydrogen-bond donors (Lipinski definition) is 2. The van der Waals surface area contributed by atoms with Crippen molar-refractivity contribution in [1.82, 2.24) is 15.5 Å². The second kappa shape index (κ2) is 6.86. The molecule has 2 aliphatic rings. The van der Waals surface area contributed by atoms with E-state index in [0.717, 1.165) is 25.9 Å². The maximum atomic E-state index is 12.1. The number of ether oxygens (including phenoxy) is 1. The first-order chi connectivity index (χ1) is 9.24. The van der Waals surface area contributed by atoms with Crippen LogP contribution in [0.3, 0.4) is 0 Å². The number of methoxy groups -OCH3 is 1. The predicted octanol–water partition coefficient (Wildman–Crippen LogP) is -0.508. The molecular weight excluding hydrogens is 246 g/mol. The minimum Gasteiger partial charge on any atom is -0.383 e. The molecular formula is C13H23N3O3. The van der Waals surface area contributed by atoms with Gasteiger partial charge in [-0.2, -0.15) is 0 Å². The van der Waals surface area contributed by atoms with E-state index in [4.69, 9.17) is 4.74 Å². The van der Waals surface area contributed by atoms with Crippen LogP contribution in [0.25, 0.3) is 0 Å². The largest absolute Gasteiger partial charge is 0.383 e. The molecule has 6 nitrogen and oxygen atoms in total. The quantitative estimate of drug-likeness (QED) is 0.660. The molecule has 2 amide bonds. The van der Waals surface area contributed by atoms with E-state index >= 15 is 0 Å². The van der Waals surface area contributed by atoms with Crippen molar-refractivity contribution in [3.05, 3.63) is 0 Å². The highest BCUT2D eigenvalue weighted by atomic mass is 16.5. The number of piperidine rings is 1. The normalized spacial score (nSPS) is 24.8. The fourth-order valence-electron chi connectivity index (χ4n) is 2.90. The number of nitrogens with one attached hydrogen (secondary N) is 2. The van der Waals surface area contributed by atoms with Crippen molar-refractivity contribution in [1.29, 1.82) is 0 Å². The predicted molar refractivity (Wildman–Crippen MR) is 70.6 cm³/mol. The smallest absolute Gasteiger partial charge is 0.242 e. The summed E-state index contributed by atoms with van der Waals surface area (Å²) < 4.78 is 4.92. The molecule has 2 heterocycles. The summed E-state index contributed by atoms with van der Waals surface area (Å²) in [6.45, 7) is 2.85. The van der Waals surface area contributed by atoms with Gasteiger partial charge in [-0.1, -0.05) is 0 Å². The lowest BCUT2D eigenvalue weighted by Gasteiger charge is -2.35. The van der Waals surface area contributed by atoms with E-state index < -0.39 is 0 Å². The molecule has 0 saturated carbocycles. The summed E-state index contributed by atoms with van der Waals surface area (Å²) in [5.74, 6) is 0.0835. The van der Waals surface area contributed by atoms with Crippen LogP contribution in [0.15, 0.2) is 0 Å². The summed E-state index contributed by atoms with van der Waals surface area (Å²) in [6, 6.07) is -0.0677. The highest BCUT2D eigenvalue weighted by molar-refractivity contribution is 5.91. The number of rotatable bonds is 5. The summed E-state index contributed by atoms with van der Waals surface area (Å²) in [4.78, 5) is 26.0. The minimum atomic E-state index is -0.285. The van der Waals surface area contributed by atoms with E-state index in [1.807, 2.05) is 4.90 Å². The molecule has 19 heavy (non-hydrogen) atoms. The monoisotopic (exact) mass is 269 g/mol. The van der Waals surface area contributed by atoms with Gasteiger partial charge in [0.15, 0.2) is 0 Å². The highest BCUT2D eigenvalue weighted by Gasteiger charge is 2.40. The lowest BCUT2D eigenvalue weighted by molar-refractivity contribution is -0.138. The van der Waals surface area contributed by atoms with Gasteiger partial charge >= 0.3 is 0 Å². The van der Waals surface area contributed by atoms with Gasteiger partial charge in [-0.05, 0) is 32.4 Å². The fraction of sp³-hybridized carbons (Fsp3) is 0.846. The lowest BCUT2D eigenvalue weighted by Crippen LogP contribution is -2.52. The van der Waals surface area contributed by atoms with Gasteiger partial charge in [0.25, 0.3) is 0 Å². The molecule has 6 heteroatoms. The molecule has 108 valence electrons. The number of likely N-dealkylation sites (tertiary alicyclic amines) is 1. The Bertz CT molecular complexity index is 329. The van der Waals surface area contributed by atoms with Crippen molar-refractivity contribution in [3.8, 4) is 0 Å². The second-order valence-corrected chi connectivity index (χ2v) is 5.12. The Morgan fingerprint density at radius 1 is 1.42 bits per heavy atom. The Balaban J connectivity index is 1.94. The first kappa shape index (κ1) is 14.3. The molecule has 0 aliphatic carbocycles. The topological polar surface area (TPSA) is 70.7 Å². The zero-order valence-electron chi connectivity index (χ0n) is 11.5. The van der Waals surface area contributed by atoms with Crippen LogP contribution in [0.1, 0.15) is 25.7 Å². The molecule has 1 atom stereocenters. The fourth-order valence-corrected chi connectivity index (χ4v) is 2.90.